The number of hydrogen-bond donors (Lipinski definition) is 3. The van der Waals surface area contributed by atoms with Gasteiger partial charge in [-0.05, 0) is 36.2 Å². The SMILES string of the molecule is [3H]c1cc(CCNc2nc(N)n3nc(-c4ccco4)nc3n2)ccc1O. The van der Waals surface area contributed by atoms with Crippen LogP contribution in [-0.2, 0) is 6.42 Å². The van der Waals surface area contributed by atoms with Gasteiger partial charge in [0.1, 0.15) is 5.75 Å². The summed E-state index contributed by atoms with van der Waals surface area (Å²) in [5.74, 6) is 1.65. The molecule has 0 aliphatic heterocycles. The molecule has 1 aromatic carbocycles. The standard InChI is InChI=1S/C16H15N7O2/c17-14-20-15(18-8-7-10-3-5-11(24)6-4-10)21-16-19-13(22-23(14)16)12-2-1-9-25-12/h1-6,9,24H,7-8H2,(H3,17,18,19,20,21,22)/i5T. The Balaban J connectivity index is 1.50. The molecule has 0 saturated heterocycles. The van der Waals surface area contributed by atoms with Gasteiger partial charge in [0.05, 0.1) is 7.63 Å². The maximum atomic E-state index is 9.39. The summed E-state index contributed by atoms with van der Waals surface area (Å²) in [7, 11) is 0. The molecule has 9 heteroatoms. The van der Waals surface area contributed by atoms with Crippen molar-refractivity contribution in [1.82, 2.24) is 24.6 Å². The first-order valence-corrected chi connectivity index (χ1v) is 7.57. The van der Waals surface area contributed by atoms with Crippen molar-refractivity contribution < 1.29 is 10.9 Å². The molecule has 3 aromatic heterocycles. The number of furan rings is 1. The van der Waals surface area contributed by atoms with Crippen LogP contribution in [-0.4, -0.2) is 36.2 Å². The number of phenols is 1. The molecule has 0 saturated carbocycles. The van der Waals surface area contributed by atoms with Crippen molar-refractivity contribution >= 4 is 17.7 Å². The fourth-order valence-electron chi connectivity index (χ4n) is 2.32. The van der Waals surface area contributed by atoms with Crippen molar-refractivity contribution in [3.8, 4) is 17.3 Å². The molecule has 0 spiro atoms. The van der Waals surface area contributed by atoms with Crippen LogP contribution in [0.1, 0.15) is 6.93 Å². The Hall–Kier alpha value is -3.62. The van der Waals surface area contributed by atoms with Crippen molar-refractivity contribution in [3.05, 3.63) is 48.2 Å². The van der Waals surface area contributed by atoms with Gasteiger partial charge in [0.25, 0.3) is 5.78 Å². The second kappa shape index (κ2) is 6.11. The highest BCUT2D eigenvalue weighted by atomic mass is 16.3. The number of phenolic OH excluding ortho intramolecular Hbond substituents is 1. The maximum absolute atomic E-state index is 9.39. The van der Waals surface area contributed by atoms with E-state index in [-0.39, 0.29) is 17.7 Å². The van der Waals surface area contributed by atoms with Crippen LogP contribution < -0.4 is 11.1 Å². The minimum Gasteiger partial charge on any atom is -0.508 e. The van der Waals surface area contributed by atoms with Gasteiger partial charge < -0.3 is 20.6 Å². The summed E-state index contributed by atoms with van der Waals surface area (Å²) in [6.07, 6.45) is 2.17. The number of anilines is 2. The third-order valence-electron chi connectivity index (χ3n) is 3.53. The van der Waals surface area contributed by atoms with E-state index in [1.54, 1.807) is 24.3 Å². The van der Waals surface area contributed by atoms with Crippen LogP contribution in [0.15, 0.2) is 47.1 Å². The molecule has 25 heavy (non-hydrogen) atoms. The summed E-state index contributed by atoms with van der Waals surface area (Å²) in [6, 6.07) is 8.47. The number of nitrogen functional groups attached to an aromatic ring is 1. The number of nitrogens with zero attached hydrogens (tertiary/aromatic N) is 5. The molecular weight excluding hydrogens is 322 g/mol. The molecule has 126 valence electrons. The first-order valence-electron chi connectivity index (χ1n) is 8.07. The molecule has 0 bridgehead atoms. The van der Waals surface area contributed by atoms with Gasteiger partial charge in [-0.15, -0.1) is 5.10 Å². The number of benzene rings is 1. The van der Waals surface area contributed by atoms with Crippen LogP contribution in [0.2, 0.25) is 0 Å². The van der Waals surface area contributed by atoms with Crippen molar-refractivity contribution in [2.75, 3.05) is 17.6 Å². The van der Waals surface area contributed by atoms with Gasteiger partial charge in [-0.2, -0.15) is 19.5 Å². The zero-order valence-corrected chi connectivity index (χ0v) is 13.0. The predicted octanol–water partition coefficient (Wildman–Crippen LogP) is 1.72. The molecule has 3 heterocycles. The van der Waals surface area contributed by atoms with E-state index in [4.69, 9.17) is 11.5 Å². The number of fused-ring (bicyclic) bond motifs is 1. The predicted molar refractivity (Wildman–Crippen MR) is 91.0 cm³/mol. The second-order valence-electron chi connectivity index (χ2n) is 5.29. The van der Waals surface area contributed by atoms with Gasteiger partial charge in [-0.25, -0.2) is 0 Å². The highest BCUT2D eigenvalue weighted by Gasteiger charge is 2.13. The zero-order chi connectivity index (χ0) is 18.1. The highest BCUT2D eigenvalue weighted by Crippen LogP contribution is 2.17. The van der Waals surface area contributed by atoms with E-state index in [1.165, 1.54) is 16.8 Å². The van der Waals surface area contributed by atoms with Gasteiger partial charge in [-0.3, -0.25) is 0 Å². The van der Waals surface area contributed by atoms with Crippen molar-refractivity contribution in [1.29, 1.82) is 0 Å². The van der Waals surface area contributed by atoms with E-state index in [1.807, 2.05) is 0 Å². The van der Waals surface area contributed by atoms with E-state index >= 15 is 0 Å². The molecule has 0 unspecified atom stereocenters. The van der Waals surface area contributed by atoms with Crippen molar-refractivity contribution in [2.24, 2.45) is 0 Å². The topological polar surface area (TPSA) is 127 Å². The molecule has 4 aromatic rings. The Kier molecular flexibility index (Phi) is 3.37. The smallest absolute Gasteiger partial charge is 0.259 e. The molecule has 0 fully saturated rings. The Morgan fingerprint density at radius 3 is 2.96 bits per heavy atom. The fourth-order valence-corrected chi connectivity index (χ4v) is 2.32. The van der Waals surface area contributed by atoms with Gasteiger partial charge in [-0.1, -0.05) is 12.1 Å². The third-order valence-corrected chi connectivity index (χ3v) is 3.53. The monoisotopic (exact) mass is 339 g/mol. The van der Waals surface area contributed by atoms with E-state index in [0.29, 0.717) is 36.3 Å². The molecule has 0 atom stereocenters. The fraction of sp³-hybridized carbons (Fsp3) is 0.125. The lowest BCUT2D eigenvalue weighted by Crippen LogP contribution is -2.12. The molecule has 9 nitrogen and oxygen atoms in total. The molecule has 0 aliphatic carbocycles. The Labute approximate surface area is 143 Å². The largest absolute Gasteiger partial charge is 0.508 e. The van der Waals surface area contributed by atoms with Crippen LogP contribution in [0.3, 0.4) is 0 Å². The first kappa shape index (κ1) is 13.8. The number of hydrogen-bond acceptors (Lipinski definition) is 8. The molecule has 4 N–H and O–H groups in total. The highest BCUT2D eigenvalue weighted by molar-refractivity contribution is 5.52. The molecule has 4 rings (SSSR count). The molecule has 0 radical (unpaired) electrons. The van der Waals surface area contributed by atoms with E-state index in [9.17, 15) is 5.11 Å². The van der Waals surface area contributed by atoms with Crippen molar-refractivity contribution in [2.45, 2.75) is 6.42 Å². The van der Waals surface area contributed by atoms with Crippen LogP contribution in [0.5, 0.6) is 5.75 Å². The van der Waals surface area contributed by atoms with E-state index in [0.717, 1.165) is 5.56 Å². The lowest BCUT2D eigenvalue weighted by Gasteiger charge is -2.06. The normalized spacial score (nSPS) is 11.6. The van der Waals surface area contributed by atoms with Gasteiger partial charge in [0.15, 0.2) is 5.76 Å². The lowest BCUT2D eigenvalue weighted by molar-refractivity contribution is 0.475. The number of rotatable bonds is 5. The summed E-state index contributed by atoms with van der Waals surface area (Å²) in [6.45, 7) is 0.527. The maximum Gasteiger partial charge on any atom is 0.259 e. The van der Waals surface area contributed by atoms with E-state index in [2.05, 4.69) is 25.4 Å². The van der Waals surface area contributed by atoms with Crippen LogP contribution in [0, 0.1) is 0 Å². The Morgan fingerprint density at radius 1 is 1.24 bits per heavy atom. The van der Waals surface area contributed by atoms with Gasteiger partial charge >= 0.3 is 0 Å². The van der Waals surface area contributed by atoms with Gasteiger partial charge in [0.2, 0.25) is 17.7 Å². The lowest BCUT2D eigenvalue weighted by atomic mass is 10.1. The first-order chi connectivity index (χ1) is 12.6. The van der Waals surface area contributed by atoms with Crippen LogP contribution in [0.25, 0.3) is 17.4 Å². The summed E-state index contributed by atoms with van der Waals surface area (Å²) in [5.41, 5.74) is 6.84. The Morgan fingerprint density at radius 2 is 2.16 bits per heavy atom. The quantitative estimate of drug-likeness (QED) is 0.501. The van der Waals surface area contributed by atoms with Crippen LogP contribution >= 0.6 is 0 Å². The Bertz CT molecular complexity index is 1060. The number of nitrogens with two attached hydrogens (primary N) is 1. The summed E-state index contributed by atoms with van der Waals surface area (Å²) >= 11 is 0. The van der Waals surface area contributed by atoms with Crippen molar-refractivity contribution in [3.63, 3.8) is 0 Å². The average Bonchev–Trinajstić information content (AvgIpc) is 3.27. The minimum atomic E-state index is -0.0394. The summed E-state index contributed by atoms with van der Waals surface area (Å²) in [4.78, 5) is 12.8. The molecule has 0 amide bonds. The number of aromatic nitrogens is 5. The molecular formula is C16H15N7O2. The zero-order valence-electron chi connectivity index (χ0n) is 14.0. The number of nitrogens with one attached hydrogen (secondary N) is 1. The van der Waals surface area contributed by atoms with Gasteiger partial charge in [0, 0.05) is 6.54 Å². The minimum absolute atomic E-state index is 0.0394. The second-order valence-corrected chi connectivity index (χ2v) is 5.29. The number of aromatic hydroxyl groups is 1. The summed E-state index contributed by atoms with van der Waals surface area (Å²) in [5, 5.41) is 16.7. The average molecular weight is 339 g/mol. The van der Waals surface area contributed by atoms with Crippen LogP contribution in [0.4, 0.5) is 11.9 Å². The molecule has 0 aliphatic rings. The van der Waals surface area contributed by atoms with E-state index < -0.39 is 0 Å². The third kappa shape index (κ3) is 3.07. The summed E-state index contributed by atoms with van der Waals surface area (Å²) < 4.78 is 14.2.